The second kappa shape index (κ2) is 21.6. The third-order valence-corrected chi connectivity index (χ3v) is 11.1. The van der Waals surface area contributed by atoms with Gasteiger partial charge in [0.25, 0.3) is 0 Å². The molecule has 1 aliphatic heterocycles. The largest absolute Gasteiger partial charge is 0.397 e. The first-order chi connectivity index (χ1) is 28.7. The number of carbonyl (C=O) groups excluding carboxylic acids is 2. The van der Waals surface area contributed by atoms with Crippen LogP contribution in [0.4, 0.5) is 11.4 Å². The third kappa shape index (κ3) is 12.6. The van der Waals surface area contributed by atoms with Gasteiger partial charge in [0.05, 0.1) is 36.3 Å². The number of hydrogen-bond acceptors (Lipinski definition) is 8. The van der Waals surface area contributed by atoms with E-state index in [1.807, 2.05) is 105 Å². The Kier molecular flexibility index (Phi) is 15.8. The number of anilines is 2. The second-order valence-electron chi connectivity index (χ2n) is 15.5. The van der Waals surface area contributed by atoms with Crippen LogP contribution in [-0.2, 0) is 32.2 Å². The van der Waals surface area contributed by atoms with E-state index in [0.717, 1.165) is 64.6 Å². The molecule has 0 bridgehead atoms. The first kappa shape index (κ1) is 43.2. The molecule has 10 heteroatoms. The van der Waals surface area contributed by atoms with Crippen LogP contribution in [0.25, 0.3) is 11.1 Å². The SMILES string of the molecule is C[C@@H]([C@H](O)c1ccccc1)N(C)C[C@H]1C[C@@H](c2ccc(CO)cc2)O[C@@H](c2cccc(-c3cccc(CNC(=O)CCCCCCC(=O)Nc4ccccc4N)c3)c2)O1. The summed E-state index contributed by atoms with van der Waals surface area (Å²) in [6, 6.07) is 41.0. The number of benzene rings is 5. The molecular weight excluding hydrogens is 741 g/mol. The summed E-state index contributed by atoms with van der Waals surface area (Å²) in [6.45, 7) is 3.02. The van der Waals surface area contributed by atoms with Crippen LogP contribution in [0.1, 0.15) is 98.2 Å². The van der Waals surface area contributed by atoms with Crippen LogP contribution in [0.5, 0.6) is 0 Å². The van der Waals surface area contributed by atoms with Crippen molar-refractivity contribution in [1.82, 2.24) is 10.2 Å². The Morgan fingerprint density at radius 2 is 1.44 bits per heavy atom. The van der Waals surface area contributed by atoms with Crippen molar-refractivity contribution in [2.24, 2.45) is 0 Å². The van der Waals surface area contributed by atoms with Crippen molar-refractivity contribution in [3.8, 4) is 11.1 Å². The molecule has 310 valence electrons. The van der Waals surface area contributed by atoms with E-state index in [1.54, 1.807) is 12.1 Å². The Balaban J connectivity index is 1.03. The summed E-state index contributed by atoms with van der Waals surface area (Å²) < 4.78 is 13.4. The van der Waals surface area contributed by atoms with Crippen molar-refractivity contribution in [2.75, 3.05) is 24.6 Å². The molecule has 0 aliphatic carbocycles. The lowest BCUT2D eigenvalue weighted by atomic mass is 9.97. The molecular formula is C49H58N4O6. The fourth-order valence-electron chi connectivity index (χ4n) is 7.45. The fourth-order valence-corrected chi connectivity index (χ4v) is 7.45. The lowest BCUT2D eigenvalue weighted by Crippen LogP contribution is -2.43. The number of rotatable bonds is 19. The Hall–Kier alpha value is -5.36. The molecule has 0 aromatic heterocycles. The van der Waals surface area contributed by atoms with Crippen molar-refractivity contribution < 1.29 is 29.3 Å². The van der Waals surface area contributed by atoms with E-state index < -0.39 is 12.4 Å². The highest BCUT2D eigenvalue weighted by Crippen LogP contribution is 2.39. The van der Waals surface area contributed by atoms with E-state index in [0.29, 0.717) is 43.7 Å². The highest BCUT2D eigenvalue weighted by atomic mass is 16.7. The molecule has 6 N–H and O–H groups in total. The minimum absolute atomic E-state index is 0.00557. The number of aliphatic hydroxyl groups is 2. The molecule has 5 aromatic carbocycles. The van der Waals surface area contributed by atoms with Gasteiger partial charge < -0.3 is 36.1 Å². The minimum atomic E-state index is -0.649. The highest BCUT2D eigenvalue weighted by molar-refractivity contribution is 5.93. The van der Waals surface area contributed by atoms with Crippen LogP contribution >= 0.6 is 0 Å². The number of ether oxygens (including phenoxy) is 2. The summed E-state index contributed by atoms with van der Waals surface area (Å²) in [6.07, 6.45) is 3.04. The number of amides is 2. The predicted molar refractivity (Wildman–Crippen MR) is 233 cm³/mol. The van der Waals surface area contributed by atoms with E-state index in [2.05, 4.69) is 39.8 Å². The van der Waals surface area contributed by atoms with Gasteiger partial charge in [0.1, 0.15) is 0 Å². The summed E-state index contributed by atoms with van der Waals surface area (Å²) in [4.78, 5) is 27.1. The van der Waals surface area contributed by atoms with Crippen LogP contribution < -0.4 is 16.4 Å². The lowest BCUT2D eigenvalue weighted by molar-refractivity contribution is -0.253. The number of nitrogens with one attached hydrogen (secondary N) is 2. The van der Waals surface area contributed by atoms with Gasteiger partial charge in [0.15, 0.2) is 6.29 Å². The Morgan fingerprint density at radius 1 is 0.763 bits per heavy atom. The Labute approximate surface area is 348 Å². The van der Waals surface area contributed by atoms with Crippen molar-refractivity contribution in [3.63, 3.8) is 0 Å². The van der Waals surface area contributed by atoms with Crippen molar-refractivity contribution in [2.45, 2.75) is 95.7 Å². The van der Waals surface area contributed by atoms with Crippen LogP contribution in [0, 0.1) is 0 Å². The zero-order valence-electron chi connectivity index (χ0n) is 34.1. The first-order valence-electron chi connectivity index (χ1n) is 20.7. The monoisotopic (exact) mass is 798 g/mol. The summed E-state index contributed by atoms with van der Waals surface area (Å²) in [5.41, 5.74) is 13.7. The number of unbranched alkanes of at least 4 members (excludes halogenated alkanes) is 3. The predicted octanol–water partition coefficient (Wildman–Crippen LogP) is 8.62. The number of aliphatic hydroxyl groups excluding tert-OH is 2. The van der Waals surface area contributed by atoms with Gasteiger partial charge >= 0.3 is 0 Å². The quantitative estimate of drug-likeness (QED) is 0.0413. The minimum Gasteiger partial charge on any atom is -0.397 e. The van der Waals surface area contributed by atoms with Gasteiger partial charge in [0.2, 0.25) is 11.8 Å². The first-order valence-corrected chi connectivity index (χ1v) is 20.7. The summed E-state index contributed by atoms with van der Waals surface area (Å²) in [7, 11) is 2.02. The molecule has 0 radical (unpaired) electrons. The molecule has 0 spiro atoms. The molecule has 1 saturated heterocycles. The molecule has 2 amide bonds. The molecule has 0 unspecified atom stereocenters. The molecule has 5 atom stereocenters. The summed E-state index contributed by atoms with van der Waals surface area (Å²) >= 11 is 0. The molecule has 6 rings (SSSR count). The maximum atomic E-state index is 12.7. The normalized spacial score (nSPS) is 17.6. The van der Waals surface area contributed by atoms with Gasteiger partial charge in [-0.05, 0) is 84.5 Å². The number of carbonyl (C=O) groups is 2. The van der Waals surface area contributed by atoms with Gasteiger partial charge in [-0.15, -0.1) is 0 Å². The number of nitrogens with two attached hydrogens (primary N) is 1. The molecule has 5 aromatic rings. The second-order valence-corrected chi connectivity index (χ2v) is 15.5. The van der Waals surface area contributed by atoms with Crippen molar-refractivity contribution >= 4 is 23.2 Å². The number of nitrogens with zero attached hydrogens (tertiary/aromatic N) is 1. The van der Waals surface area contributed by atoms with E-state index in [1.165, 1.54) is 0 Å². The number of hydrogen-bond donors (Lipinski definition) is 5. The average Bonchev–Trinajstić information content (AvgIpc) is 3.27. The van der Waals surface area contributed by atoms with Crippen LogP contribution in [0.2, 0.25) is 0 Å². The van der Waals surface area contributed by atoms with Gasteiger partial charge in [-0.1, -0.05) is 116 Å². The molecule has 0 saturated carbocycles. The van der Waals surface area contributed by atoms with Crippen molar-refractivity contribution in [3.05, 3.63) is 155 Å². The zero-order chi connectivity index (χ0) is 41.6. The lowest BCUT2D eigenvalue weighted by Gasteiger charge is -2.39. The van der Waals surface area contributed by atoms with Gasteiger partial charge in [-0.25, -0.2) is 0 Å². The smallest absolute Gasteiger partial charge is 0.224 e. The number of para-hydroxylation sites is 2. The number of likely N-dealkylation sites (N-methyl/N-ethyl adjacent to an activating group) is 1. The molecule has 1 fully saturated rings. The molecule has 1 heterocycles. The van der Waals surface area contributed by atoms with Crippen molar-refractivity contribution in [1.29, 1.82) is 0 Å². The van der Waals surface area contributed by atoms with E-state index >= 15 is 0 Å². The molecule has 59 heavy (non-hydrogen) atoms. The topological polar surface area (TPSA) is 146 Å². The summed E-state index contributed by atoms with van der Waals surface area (Å²) in [5.74, 6) is -0.0502. The zero-order valence-corrected chi connectivity index (χ0v) is 34.1. The van der Waals surface area contributed by atoms with E-state index in [4.69, 9.17) is 15.2 Å². The highest BCUT2D eigenvalue weighted by Gasteiger charge is 2.34. The molecule has 10 nitrogen and oxygen atoms in total. The van der Waals surface area contributed by atoms with Crippen LogP contribution in [-0.4, -0.2) is 52.7 Å². The average molecular weight is 799 g/mol. The Morgan fingerprint density at radius 3 is 2.17 bits per heavy atom. The van der Waals surface area contributed by atoms with Crippen LogP contribution in [0.3, 0.4) is 0 Å². The fraction of sp³-hybridized carbons (Fsp3) is 0.347. The van der Waals surface area contributed by atoms with Gasteiger partial charge in [0, 0.05) is 44.0 Å². The summed E-state index contributed by atoms with van der Waals surface area (Å²) in [5, 5.41) is 26.7. The van der Waals surface area contributed by atoms with Gasteiger partial charge in [-0.3, -0.25) is 14.5 Å². The maximum Gasteiger partial charge on any atom is 0.224 e. The maximum absolute atomic E-state index is 12.7. The third-order valence-electron chi connectivity index (χ3n) is 11.1. The Bertz CT molecular complexity index is 2090. The number of nitrogen functional groups attached to an aromatic ring is 1. The van der Waals surface area contributed by atoms with E-state index in [9.17, 15) is 19.8 Å². The standard InChI is InChI=1S/C49H58N4O6/c1-34(48(57)38-15-6-5-7-16-38)53(2)32-42-30-45(37-26-24-35(33-54)25-27-37)59-49(58-42)41-19-13-18-40(29-41)39-17-12-14-36(28-39)31-51-46(55)22-8-3-4-9-23-47(56)52-44-21-11-10-20-43(44)50/h5-7,10-21,24-29,34,42,45,48-49,54,57H,3-4,8-9,22-23,30-33,50H2,1-2H3,(H,51,55)(H,52,56)/t34-,42+,45-,48-,49-/m0/s1. The van der Waals surface area contributed by atoms with E-state index in [-0.39, 0.29) is 36.7 Å². The van der Waals surface area contributed by atoms with Crippen LogP contribution in [0.15, 0.2) is 127 Å². The van der Waals surface area contributed by atoms with Gasteiger partial charge in [-0.2, -0.15) is 0 Å². The molecule has 1 aliphatic rings.